The van der Waals surface area contributed by atoms with Gasteiger partial charge < -0.3 is 10.1 Å². The average molecular weight is 269 g/mol. The quantitative estimate of drug-likeness (QED) is 0.930. The predicted octanol–water partition coefficient (Wildman–Crippen LogP) is 2.86. The summed E-state index contributed by atoms with van der Waals surface area (Å²) in [7, 11) is 0. The number of hydrogen-bond acceptors (Lipinski definition) is 4. The molecule has 4 nitrogen and oxygen atoms in total. The van der Waals surface area contributed by atoms with Crippen molar-refractivity contribution in [2.24, 2.45) is 11.8 Å². The minimum Gasteiger partial charge on any atom is -0.377 e. The van der Waals surface area contributed by atoms with Crippen LogP contribution in [0.25, 0.3) is 10.9 Å². The van der Waals surface area contributed by atoms with E-state index in [1.54, 1.807) is 6.33 Å². The number of nitrogens with zero attached hydrogens (tertiary/aromatic N) is 2. The van der Waals surface area contributed by atoms with Crippen LogP contribution in [0.15, 0.2) is 30.6 Å². The van der Waals surface area contributed by atoms with Crippen LogP contribution < -0.4 is 5.32 Å². The van der Waals surface area contributed by atoms with Crippen molar-refractivity contribution in [1.82, 2.24) is 9.97 Å². The lowest BCUT2D eigenvalue weighted by atomic mass is 9.65. The molecule has 1 aliphatic heterocycles. The van der Waals surface area contributed by atoms with E-state index in [1.165, 1.54) is 6.42 Å². The fourth-order valence-corrected chi connectivity index (χ4v) is 3.81. The predicted molar refractivity (Wildman–Crippen MR) is 78.6 cm³/mol. The molecule has 4 atom stereocenters. The molecule has 4 heteroatoms. The molecule has 1 aliphatic carbocycles. The van der Waals surface area contributed by atoms with Crippen molar-refractivity contribution in [2.45, 2.75) is 31.9 Å². The zero-order valence-electron chi connectivity index (χ0n) is 11.6. The maximum absolute atomic E-state index is 5.84. The number of anilines is 1. The molecular formula is C16H19N3O. The Bertz CT molecular complexity index is 625. The minimum absolute atomic E-state index is 0.464. The lowest BCUT2D eigenvalue weighted by Crippen LogP contribution is -2.56. The zero-order valence-corrected chi connectivity index (χ0v) is 11.6. The summed E-state index contributed by atoms with van der Waals surface area (Å²) < 4.78 is 5.84. The zero-order chi connectivity index (χ0) is 13.5. The maximum atomic E-state index is 5.84. The van der Waals surface area contributed by atoms with Gasteiger partial charge in [0.15, 0.2) is 0 Å². The number of para-hydroxylation sites is 1. The van der Waals surface area contributed by atoms with Crippen molar-refractivity contribution in [3.8, 4) is 0 Å². The van der Waals surface area contributed by atoms with E-state index >= 15 is 0 Å². The highest BCUT2D eigenvalue weighted by atomic mass is 16.5. The molecule has 4 rings (SSSR count). The Morgan fingerprint density at radius 2 is 2.20 bits per heavy atom. The van der Waals surface area contributed by atoms with Gasteiger partial charge in [-0.25, -0.2) is 9.97 Å². The number of hydrogen-bond donors (Lipinski definition) is 1. The first-order valence-electron chi connectivity index (χ1n) is 7.46. The molecule has 1 saturated heterocycles. The summed E-state index contributed by atoms with van der Waals surface area (Å²) >= 11 is 0. The third-order valence-corrected chi connectivity index (χ3v) is 4.85. The Hall–Kier alpha value is -1.68. The molecule has 0 amide bonds. The fourth-order valence-electron chi connectivity index (χ4n) is 3.81. The van der Waals surface area contributed by atoms with Crippen molar-refractivity contribution >= 4 is 16.7 Å². The molecule has 0 bridgehead atoms. The number of rotatable bonds is 3. The van der Waals surface area contributed by atoms with Gasteiger partial charge in [0.2, 0.25) is 0 Å². The summed E-state index contributed by atoms with van der Waals surface area (Å²) in [6, 6.07) is 8.65. The largest absolute Gasteiger partial charge is 0.377 e. The molecule has 0 unspecified atom stereocenters. The van der Waals surface area contributed by atoms with Gasteiger partial charge in [-0.2, -0.15) is 0 Å². The standard InChI is InChI=1S/C16H19N3O/c1-2-10-14(12-7-8-20-15(10)12)19-16-11-5-3-4-6-13(11)17-9-18-16/h3-6,9-10,12,14-15H,2,7-8H2,1H3,(H,17,18,19)/t10-,12+,14-,15-/m1/s1. The molecule has 0 spiro atoms. The minimum atomic E-state index is 0.464. The molecule has 2 fully saturated rings. The third kappa shape index (κ3) is 1.71. The van der Waals surface area contributed by atoms with Gasteiger partial charge >= 0.3 is 0 Å². The number of aromatic nitrogens is 2. The van der Waals surface area contributed by atoms with E-state index in [9.17, 15) is 0 Å². The molecule has 1 saturated carbocycles. The Morgan fingerprint density at radius 1 is 1.30 bits per heavy atom. The van der Waals surface area contributed by atoms with E-state index in [0.29, 0.717) is 24.0 Å². The summed E-state index contributed by atoms with van der Waals surface area (Å²) in [5, 5.41) is 4.77. The molecule has 1 N–H and O–H groups in total. The maximum Gasteiger partial charge on any atom is 0.137 e. The third-order valence-electron chi connectivity index (χ3n) is 4.85. The van der Waals surface area contributed by atoms with E-state index in [0.717, 1.165) is 29.7 Å². The molecule has 1 aromatic carbocycles. The van der Waals surface area contributed by atoms with Gasteiger partial charge in [0, 0.05) is 29.9 Å². The molecule has 104 valence electrons. The van der Waals surface area contributed by atoms with Gasteiger partial charge in [-0.3, -0.25) is 0 Å². The molecule has 2 aliphatic rings. The lowest BCUT2D eigenvalue weighted by Gasteiger charge is -2.48. The van der Waals surface area contributed by atoms with E-state index in [4.69, 9.17) is 4.74 Å². The van der Waals surface area contributed by atoms with Crippen molar-refractivity contribution in [1.29, 1.82) is 0 Å². The van der Waals surface area contributed by atoms with Crippen LogP contribution in [0.4, 0.5) is 5.82 Å². The highest BCUT2D eigenvalue weighted by Gasteiger charge is 2.52. The first-order chi connectivity index (χ1) is 9.88. The Morgan fingerprint density at radius 3 is 3.10 bits per heavy atom. The number of fused-ring (bicyclic) bond motifs is 2. The molecule has 20 heavy (non-hydrogen) atoms. The van der Waals surface area contributed by atoms with Crippen LogP contribution in [0.1, 0.15) is 19.8 Å². The van der Waals surface area contributed by atoms with Gasteiger partial charge in [0.05, 0.1) is 11.6 Å². The van der Waals surface area contributed by atoms with Crippen LogP contribution in [-0.4, -0.2) is 28.7 Å². The van der Waals surface area contributed by atoms with Gasteiger partial charge in [0.25, 0.3) is 0 Å². The number of ether oxygens (including phenoxy) is 1. The second kappa shape index (κ2) is 4.70. The van der Waals surface area contributed by atoms with Gasteiger partial charge in [0.1, 0.15) is 12.1 Å². The second-order valence-corrected chi connectivity index (χ2v) is 5.77. The molecule has 1 aromatic heterocycles. The highest BCUT2D eigenvalue weighted by Crippen LogP contribution is 2.46. The molecular weight excluding hydrogens is 250 g/mol. The summed E-state index contributed by atoms with van der Waals surface area (Å²) in [4.78, 5) is 8.77. The topological polar surface area (TPSA) is 47.0 Å². The van der Waals surface area contributed by atoms with Crippen molar-refractivity contribution in [3.63, 3.8) is 0 Å². The average Bonchev–Trinajstić information content (AvgIpc) is 2.90. The fraction of sp³-hybridized carbons (Fsp3) is 0.500. The summed E-state index contributed by atoms with van der Waals surface area (Å²) in [5.74, 6) is 2.22. The Balaban J connectivity index is 1.64. The number of benzene rings is 1. The van der Waals surface area contributed by atoms with Crippen LogP contribution in [0.2, 0.25) is 0 Å². The highest BCUT2D eigenvalue weighted by molar-refractivity contribution is 5.88. The Kier molecular flexibility index (Phi) is 2.84. The van der Waals surface area contributed by atoms with Gasteiger partial charge in [-0.1, -0.05) is 19.1 Å². The van der Waals surface area contributed by atoms with Crippen molar-refractivity contribution < 1.29 is 4.74 Å². The van der Waals surface area contributed by atoms with Crippen LogP contribution in [0.3, 0.4) is 0 Å². The van der Waals surface area contributed by atoms with Crippen LogP contribution in [-0.2, 0) is 4.74 Å². The summed E-state index contributed by atoms with van der Waals surface area (Å²) in [6.07, 6.45) is 4.43. The van der Waals surface area contributed by atoms with Crippen molar-refractivity contribution in [2.75, 3.05) is 11.9 Å². The molecule has 0 radical (unpaired) electrons. The normalized spacial score (nSPS) is 31.9. The van der Waals surface area contributed by atoms with E-state index < -0.39 is 0 Å². The van der Waals surface area contributed by atoms with Gasteiger partial charge in [-0.15, -0.1) is 0 Å². The lowest BCUT2D eigenvalue weighted by molar-refractivity contribution is -0.0382. The van der Waals surface area contributed by atoms with Crippen LogP contribution >= 0.6 is 0 Å². The number of nitrogens with one attached hydrogen (secondary N) is 1. The summed E-state index contributed by atoms with van der Waals surface area (Å²) in [5.41, 5.74) is 0.997. The van der Waals surface area contributed by atoms with Gasteiger partial charge in [-0.05, 0) is 25.0 Å². The molecule has 2 aromatic rings. The summed E-state index contributed by atoms with van der Waals surface area (Å²) in [6.45, 7) is 3.16. The second-order valence-electron chi connectivity index (χ2n) is 5.77. The Labute approximate surface area is 118 Å². The van der Waals surface area contributed by atoms with Crippen molar-refractivity contribution in [3.05, 3.63) is 30.6 Å². The monoisotopic (exact) mass is 269 g/mol. The van der Waals surface area contributed by atoms with Crippen LogP contribution in [0, 0.1) is 11.8 Å². The van der Waals surface area contributed by atoms with E-state index in [1.807, 2.05) is 18.2 Å². The SMILES string of the molecule is CC[C@@H]1[C@@H](Nc2ncnc3ccccc23)[C@@H]2CCO[C@H]12. The molecule has 2 heterocycles. The van der Waals surface area contributed by atoms with E-state index in [-0.39, 0.29) is 0 Å². The first-order valence-corrected chi connectivity index (χ1v) is 7.46. The smallest absolute Gasteiger partial charge is 0.137 e. The first kappa shape index (κ1) is 12.1. The van der Waals surface area contributed by atoms with E-state index in [2.05, 4.69) is 28.3 Å². The van der Waals surface area contributed by atoms with Crippen LogP contribution in [0.5, 0.6) is 0 Å².